The zero-order chi connectivity index (χ0) is 17.7. The van der Waals surface area contributed by atoms with E-state index in [2.05, 4.69) is 0 Å². The number of hydrogen-bond donors (Lipinski definition) is 0. The summed E-state index contributed by atoms with van der Waals surface area (Å²) in [5.74, 6) is 1.03. The highest BCUT2D eigenvalue weighted by Crippen LogP contribution is 2.36. The average Bonchev–Trinajstić information content (AvgIpc) is 2.48. The molecule has 0 saturated heterocycles. The van der Waals surface area contributed by atoms with Crippen LogP contribution in [-0.2, 0) is 0 Å². The quantitative estimate of drug-likeness (QED) is 0.565. The molecule has 2 aromatic rings. The first-order valence-electron chi connectivity index (χ1n) is 7.98. The molecule has 0 aliphatic heterocycles. The lowest BCUT2D eigenvalue weighted by atomic mass is 10.1. The number of allylic oxidation sites excluding steroid dienone is 2. The smallest absolute Gasteiger partial charge is 0.336 e. The van der Waals surface area contributed by atoms with Gasteiger partial charge >= 0.3 is 5.63 Å². The van der Waals surface area contributed by atoms with Crippen molar-refractivity contribution in [2.75, 3.05) is 13.2 Å². The molecule has 0 saturated carbocycles. The predicted octanol–water partition coefficient (Wildman–Crippen LogP) is 4.79. The summed E-state index contributed by atoms with van der Waals surface area (Å²) >= 11 is 0. The molecular formula is C20H24O4. The van der Waals surface area contributed by atoms with Crippen molar-refractivity contribution in [2.24, 2.45) is 0 Å². The van der Waals surface area contributed by atoms with E-state index < -0.39 is 5.63 Å². The van der Waals surface area contributed by atoms with Crippen LogP contribution >= 0.6 is 0 Å². The van der Waals surface area contributed by atoms with Crippen LogP contribution in [-0.4, -0.2) is 13.2 Å². The van der Waals surface area contributed by atoms with Gasteiger partial charge in [0, 0.05) is 11.5 Å². The monoisotopic (exact) mass is 328 g/mol. The van der Waals surface area contributed by atoms with Gasteiger partial charge in [0.2, 0.25) is 5.75 Å². The van der Waals surface area contributed by atoms with Gasteiger partial charge in [-0.3, -0.25) is 0 Å². The average molecular weight is 328 g/mol. The van der Waals surface area contributed by atoms with Gasteiger partial charge in [-0.15, -0.1) is 0 Å². The standard InChI is InChI=1S/C20H24O4/c1-13(2)8-10-22-17-7-6-16-15(5)12-18(21)24-19(16)20(17)23-11-9-14(3)4/h6-9,12H,10-11H2,1-5H3. The molecule has 0 aliphatic carbocycles. The molecule has 0 bridgehead atoms. The number of rotatable bonds is 6. The van der Waals surface area contributed by atoms with E-state index in [0.717, 1.165) is 16.5 Å². The van der Waals surface area contributed by atoms with Gasteiger partial charge in [0.1, 0.15) is 13.2 Å². The molecule has 0 unspecified atom stereocenters. The molecular weight excluding hydrogens is 304 g/mol. The molecule has 0 radical (unpaired) electrons. The number of hydrogen-bond acceptors (Lipinski definition) is 4. The van der Waals surface area contributed by atoms with Gasteiger partial charge in [-0.25, -0.2) is 4.79 Å². The van der Waals surface area contributed by atoms with E-state index in [1.165, 1.54) is 11.6 Å². The maximum atomic E-state index is 11.8. The van der Waals surface area contributed by atoms with Crippen molar-refractivity contribution in [1.82, 2.24) is 0 Å². The van der Waals surface area contributed by atoms with Gasteiger partial charge in [0.25, 0.3) is 0 Å². The lowest BCUT2D eigenvalue weighted by Crippen LogP contribution is -2.04. The minimum atomic E-state index is -0.395. The van der Waals surface area contributed by atoms with Crippen LogP contribution in [0.2, 0.25) is 0 Å². The van der Waals surface area contributed by atoms with Crippen molar-refractivity contribution in [3.05, 3.63) is 57.5 Å². The molecule has 0 aliphatic rings. The summed E-state index contributed by atoms with van der Waals surface area (Å²) in [6.07, 6.45) is 3.95. The fourth-order valence-corrected chi connectivity index (χ4v) is 2.18. The summed E-state index contributed by atoms with van der Waals surface area (Å²) in [5.41, 5.74) is 3.21. The predicted molar refractivity (Wildman–Crippen MR) is 97.1 cm³/mol. The molecule has 0 spiro atoms. The van der Waals surface area contributed by atoms with Crippen LogP contribution in [0.3, 0.4) is 0 Å². The Morgan fingerprint density at radius 1 is 1.04 bits per heavy atom. The van der Waals surface area contributed by atoms with Crippen molar-refractivity contribution >= 4 is 11.0 Å². The fourth-order valence-electron chi connectivity index (χ4n) is 2.18. The minimum Gasteiger partial charge on any atom is -0.485 e. The maximum absolute atomic E-state index is 11.8. The molecule has 1 aromatic carbocycles. The normalized spacial score (nSPS) is 10.4. The second kappa shape index (κ2) is 7.86. The fraction of sp³-hybridized carbons (Fsp3) is 0.350. The Morgan fingerprint density at radius 3 is 2.29 bits per heavy atom. The summed E-state index contributed by atoms with van der Waals surface area (Å²) in [6, 6.07) is 5.22. The molecule has 4 heteroatoms. The third kappa shape index (κ3) is 4.51. The highest BCUT2D eigenvalue weighted by atomic mass is 16.5. The molecule has 0 N–H and O–H groups in total. The van der Waals surface area contributed by atoms with E-state index in [-0.39, 0.29) is 0 Å². The third-order valence-corrected chi connectivity index (χ3v) is 3.49. The van der Waals surface area contributed by atoms with Crippen LogP contribution in [0, 0.1) is 6.92 Å². The Bertz CT molecular complexity index is 833. The molecule has 0 amide bonds. The largest absolute Gasteiger partial charge is 0.485 e. The van der Waals surface area contributed by atoms with Crippen LogP contribution in [0.15, 0.2) is 50.7 Å². The molecule has 1 heterocycles. The van der Waals surface area contributed by atoms with Crippen LogP contribution in [0.25, 0.3) is 11.0 Å². The van der Waals surface area contributed by atoms with E-state index in [1.54, 1.807) is 0 Å². The molecule has 1 aromatic heterocycles. The number of aryl methyl sites for hydroxylation is 1. The summed E-state index contributed by atoms with van der Waals surface area (Å²) in [5, 5.41) is 0.844. The molecule has 24 heavy (non-hydrogen) atoms. The van der Waals surface area contributed by atoms with Gasteiger partial charge in [-0.1, -0.05) is 11.1 Å². The van der Waals surface area contributed by atoms with Crippen molar-refractivity contribution < 1.29 is 13.9 Å². The summed E-state index contributed by atoms with van der Waals surface area (Å²) < 4.78 is 17.1. The Kier molecular flexibility index (Phi) is 5.85. The Morgan fingerprint density at radius 2 is 1.67 bits per heavy atom. The van der Waals surface area contributed by atoms with E-state index in [4.69, 9.17) is 13.9 Å². The van der Waals surface area contributed by atoms with Crippen LogP contribution in [0.5, 0.6) is 11.5 Å². The Labute approximate surface area is 142 Å². The van der Waals surface area contributed by atoms with E-state index in [9.17, 15) is 4.79 Å². The summed E-state index contributed by atoms with van der Waals surface area (Å²) in [6.45, 7) is 10.7. The van der Waals surface area contributed by atoms with E-state index in [0.29, 0.717) is 30.3 Å². The molecule has 4 nitrogen and oxygen atoms in total. The van der Waals surface area contributed by atoms with Gasteiger partial charge in [0.05, 0.1) is 0 Å². The van der Waals surface area contributed by atoms with E-state index in [1.807, 2.05) is 58.9 Å². The lowest BCUT2D eigenvalue weighted by Gasteiger charge is -2.13. The van der Waals surface area contributed by atoms with Crippen molar-refractivity contribution in [1.29, 1.82) is 0 Å². The van der Waals surface area contributed by atoms with Crippen LogP contribution < -0.4 is 15.1 Å². The first-order valence-corrected chi connectivity index (χ1v) is 7.98. The minimum absolute atomic E-state index is 0.387. The van der Waals surface area contributed by atoms with Gasteiger partial charge in [0.15, 0.2) is 11.3 Å². The highest BCUT2D eigenvalue weighted by Gasteiger charge is 2.15. The van der Waals surface area contributed by atoms with E-state index >= 15 is 0 Å². The first kappa shape index (κ1) is 17.9. The Balaban J connectivity index is 2.49. The molecule has 0 fully saturated rings. The molecule has 2 rings (SSSR count). The first-order chi connectivity index (χ1) is 11.4. The lowest BCUT2D eigenvalue weighted by molar-refractivity contribution is 0.305. The SMILES string of the molecule is CC(C)=CCOc1ccc2c(C)cc(=O)oc2c1OCC=C(C)C. The molecule has 0 atom stereocenters. The third-order valence-electron chi connectivity index (χ3n) is 3.49. The zero-order valence-corrected chi connectivity index (χ0v) is 14.9. The van der Waals surface area contributed by atoms with Crippen molar-refractivity contribution in [3.8, 4) is 11.5 Å². The summed E-state index contributed by atoms with van der Waals surface area (Å²) in [7, 11) is 0. The topological polar surface area (TPSA) is 48.7 Å². The highest BCUT2D eigenvalue weighted by molar-refractivity contribution is 5.87. The zero-order valence-electron chi connectivity index (χ0n) is 14.9. The molecule has 128 valence electrons. The van der Waals surface area contributed by atoms with Gasteiger partial charge in [-0.2, -0.15) is 0 Å². The second-order valence-corrected chi connectivity index (χ2v) is 6.20. The summed E-state index contributed by atoms with van der Waals surface area (Å²) in [4.78, 5) is 11.8. The van der Waals surface area contributed by atoms with Crippen LogP contribution in [0.1, 0.15) is 33.3 Å². The maximum Gasteiger partial charge on any atom is 0.336 e. The van der Waals surface area contributed by atoms with Gasteiger partial charge in [-0.05, 0) is 64.5 Å². The van der Waals surface area contributed by atoms with Crippen LogP contribution in [0.4, 0.5) is 0 Å². The van der Waals surface area contributed by atoms with Crippen molar-refractivity contribution in [3.63, 3.8) is 0 Å². The second-order valence-electron chi connectivity index (χ2n) is 6.20. The van der Waals surface area contributed by atoms with Crippen molar-refractivity contribution in [2.45, 2.75) is 34.6 Å². The number of benzene rings is 1. The number of ether oxygens (including phenoxy) is 2. The van der Waals surface area contributed by atoms with Gasteiger partial charge < -0.3 is 13.9 Å². The Hall–Kier alpha value is -2.49. The number of fused-ring (bicyclic) bond motifs is 1.